The average Bonchev–Trinajstić information content (AvgIpc) is 3.05. The Labute approximate surface area is 149 Å². The summed E-state index contributed by atoms with van der Waals surface area (Å²) in [6, 6.07) is 9.96. The molecule has 1 aromatic carbocycles. The van der Waals surface area contributed by atoms with E-state index in [0.29, 0.717) is 27.5 Å². The van der Waals surface area contributed by atoms with Crippen molar-refractivity contribution in [1.29, 1.82) is 0 Å². The molecule has 0 fully saturated rings. The van der Waals surface area contributed by atoms with Gasteiger partial charge in [0.25, 0.3) is 0 Å². The van der Waals surface area contributed by atoms with Crippen LogP contribution in [0.1, 0.15) is 0 Å². The highest BCUT2D eigenvalue weighted by Crippen LogP contribution is 2.33. The van der Waals surface area contributed by atoms with Crippen molar-refractivity contribution in [2.75, 3.05) is 0 Å². The van der Waals surface area contributed by atoms with E-state index in [-0.39, 0.29) is 0 Å². The highest BCUT2D eigenvalue weighted by Gasteiger charge is 2.16. The zero-order chi connectivity index (χ0) is 16.7. The van der Waals surface area contributed by atoms with Gasteiger partial charge in [0, 0.05) is 33.0 Å². The zero-order valence-electron chi connectivity index (χ0n) is 12.1. The monoisotopic (exact) mass is 402 g/mol. The van der Waals surface area contributed by atoms with Crippen LogP contribution in [0.15, 0.2) is 53.3 Å². The summed E-state index contributed by atoms with van der Waals surface area (Å²) >= 11 is 9.38. The van der Waals surface area contributed by atoms with E-state index < -0.39 is 5.82 Å². The predicted molar refractivity (Wildman–Crippen MR) is 95.2 cm³/mol. The first-order valence-corrected chi connectivity index (χ1v) is 8.21. The first-order chi connectivity index (χ1) is 11.6. The first kappa shape index (κ1) is 15.2. The molecule has 3 aromatic heterocycles. The maximum absolute atomic E-state index is 14.2. The number of halogens is 3. The first-order valence-electron chi connectivity index (χ1n) is 7.04. The summed E-state index contributed by atoms with van der Waals surface area (Å²) in [5.41, 5.74) is 3.67. The highest BCUT2D eigenvalue weighted by atomic mass is 79.9. The van der Waals surface area contributed by atoms with Crippen LogP contribution in [-0.2, 0) is 0 Å². The molecule has 118 valence electrons. The van der Waals surface area contributed by atoms with E-state index in [0.717, 1.165) is 15.5 Å². The molecule has 4 rings (SSSR count). The van der Waals surface area contributed by atoms with Gasteiger partial charge in [-0.25, -0.2) is 9.37 Å². The predicted octanol–water partition coefficient (Wildman–Crippen LogP) is 5.24. The van der Waals surface area contributed by atoms with Crippen LogP contribution in [0.2, 0.25) is 5.02 Å². The summed E-state index contributed by atoms with van der Waals surface area (Å²) in [4.78, 5) is 8.91. The number of hydrogen-bond acceptors (Lipinski definition) is 3. The summed E-state index contributed by atoms with van der Waals surface area (Å²) in [7, 11) is 0. The van der Waals surface area contributed by atoms with Gasteiger partial charge in [0.15, 0.2) is 0 Å². The number of H-pyrrole nitrogens is 1. The van der Waals surface area contributed by atoms with Crippen LogP contribution in [-0.4, -0.2) is 20.2 Å². The van der Waals surface area contributed by atoms with Gasteiger partial charge in [-0.15, -0.1) is 0 Å². The Morgan fingerprint density at radius 3 is 2.79 bits per heavy atom. The number of pyridine rings is 2. The number of fused-ring (bicyclic) bond motifs is 1. The van der Waals surface area contributed by atoms with Crippen molar-refractivity contribution in [3.05, 3.63) is 64.1 Å². The fourth-order valence-corrected chi connectivity index (χ4v) is 2.99. The van der Waals surface area contributed by atoms with E-state index in [1.54, 1.807) is 18.5 Å². The molecule has 0 aliphatic rings. The van der Waals surface area contributed by atoms with Crippen LogP contribution in [0.3, 0.4) is 0 Å². The van der Waals surface area contributed by atoms with Crippen molar-refractivity contribution in [2.45, 2.75) is 0 Å². The van der Waals surface area contributed by atoms with E-state index >= 15 is 0 Å². The molecule has 0 unspecified atom stereocenters. The normalized spacial score (nSPS) is 11.1. The minimum atomic E-state index is -0.391. The molecule has 0 atom stereocenters. The highest BCUT2D eigenvalue weighted by molar-refractivity contribution is 9.10. The molecule has 0 radical (unpaired) electrons. The molecule has 24 heavy (non-hydrogen) atoms. The molecule has 0 saturated heterocycles. The van der Waals surface area contributed by atoms with Crippen molar-refractivity contribution in [3.63, 3.8) is 0 Å². The maximum atomic E-state index is 14.2. The second-order valence-electron chi connectivity index (χ2n) is 5.16. The molecule has 0 bridgehead atoms. The van der Waals surface area contributed by atoms with Crippen molar-refractivity contribution < 1.29 is 4.39 Å². The molecule has 1 N–H and O–H groups in total. The third kappa shape index (κ3) is 2.68. The van der Waals surface area contributed by atoms with E-state index in [1.165, 1.54) is 12.1 Å². The Balaban J connectivity index is 1.89. The van der Waals surface area contributed by atoms with E-state index in [9.17, 15) is 4.39 Å². The molecule has 3 heterocycles. The molecule has 0 amide bonds. The molecule has 4 nitrogen and oxygen atoms in total. The number of hydrogen-bond donors (Lipinski definition) is 1. The van der Waals surface area contributed by atoms with Crippen molar-refractivity contribution >= 4 is 38.6 Å². The second-order valence-corrected chi connectivity index (χ2v) is 6.51. The molecule has 0 aliphatic carbocycles. The van der Waals surface area contributed by atoms with E-state index in [2.05, 4.69) is 36.1 Å². The lowest BCUT2D eigenvalue weighted by Crippen LogP contribution is -1.91. The van der Waals surface area contributed by atoms with Crippen LogP contribution in [0.25, 0.3) is 33.5 Å². The Hall–Kier alpha value is -2.31. The molecule has 0 saturated carbocycles. The number of aromatic amines is 1. The van der Waals surface area contributed by atoms with Crippen molar-refractivity contribution in [3.8, 4) is 22.5 Å². The Morgan fingerprint density at radius 1 is 1.04 bits per heavy atom. The van der Waals surface area contributed by atoms with Gasteiger partial charge in [-0.3, -0.25) is 10.1 Å². The van der Waals surface area contributed by atoms with Gasteiger partial charge in [-0.2, -0.15) is 5.10 Å². The lowest BCUT2D eigenvalue weighted by atomic mass is 10.0. The Morgan fingerprint density at radius 2 is 1.92 bits per heavy atom. The fourth-order valence-electron chi connectivity index (χ4n) is 2.50. The summed E-state index contributed by atoms with van der Waals surface area (Å²) in [6.45, 7) is 0. The Bertz CT molecular complexity index is 1060. The summed E-state index contributed by atoms with van der Waals surface area (Å²) in [5.74, 6) is -0.391. The SMILES string of the molecule is Fc1ccc(Cl)cc1-c1n[nH]cc1-c1ccc2ncc(Br)cc2n1. The number of aromatic nitrogens is 4. The second kappa shape index (κ2) is 5.96. The largest absolute Gasteiger partial charge is 0.284 e. The zero-order valence-corrected chi connectivity index (χ0v) is 14.4. The third-order valence-electron chi connectivity index (χ3n) is 3.60. The van der Waals surface area contributed by atoms with Gasteiger partial charge in [0.05, 0.1) is 16.7 Å². The summed E-state index contributed by atoms with van der Waals surface area (Å²) < 4.78 is 15.0. The molecular weight excluding hydrogens is 395 g/mol. The molecule has 7 heteroatoms. The van der Waals surface area contributed by atoms with Crippen LogP contribution in [0.4, 0.5) is 4.39 Å². The quantitative estimate of drug-likeness (QED) is 0.498. The van der Waals surface area contributed by atoms with E-state index in [1.807, 2.05) is 18.2 Å². The van der Waals surface area contributed by atoms with Gasteiger partial charge in [-0.1, -0.05) is 11.6 Å². The topological polar surface area (TPSA) is 54.5 Å². The molecule has 0 aliphatic heterocycles. The standard InChI is InChI=1S/C17H9BrClFN4/c18-9-5-16-15(21-7-9)4-3-14(23-16)12-8-22-24-17(12)11-6-10(19)1-2-13(11)20/h1-8H,(H,22,24). The molecule has 0 spiro atoms. The van der Waals surface area contributed by atoms with Gasteiger partial charge >= 0.3 is 0 Å². The summed E-state index contributed by atoms with van der Waals surface area (Å²) in [5, 5.41) is 7.40. The number of benzene rings is 1. The maximum Gasteiger partial charge on any atom is 0.132 e. The fraction of sp³-hybridized carbons (Fsp3) is 0. The van der Waals surface area contributed by atoms with Crippen molar-refractivity contribution in [1.82, 2.24) is 20.2 Å². The van der Waals surface area contributed by atoms with Crippen molar-refractivity contribution in [2.24, 2.45) is 0 Å². The smallest absolute Gasteiger partial charge is 0.132 e. The van der Waals surface area contributed by atoms with Crippen LogP contribution in [0.5, 0.6) is 0 Å². The van der Waals surface area contributed by atoms with Gasteiger partial charge in [0.1, 0.15) is 11.5 Å². The summed E-state index contributed by atoms with van der Waals surface area (Å²) in [6.07, 6.45) is 3.41. The average molecular weight is 404 g/mol. The van der Waals surface area contributed by atoms with Crippen LogP contribution in [0, 0.1) is 5.82 Å². The lowest BCUT2D eigenvalue weighted by Gasteiger charge is -2.05. The number of nitrogens with zero attached hydrogens (tertiary/aromatic N) is 3. The lowest BCUT2D eigenvalue weighted by molar-refractivity contribution is 0.630. The third-order valence-corrected chi connectivity index (χ3v) is 4.27. The van der Waals surface area contributed by atoms with Crippen LogP contribution < -0.4 is 0 Å². The number of rotatable bonds is 2. The molecular formula is C17H9BrClFN4. The number of nitrogens with one attached hydrogen (secondary N) is 1. The van der Waals surface area contributed by atoms with Gasteiger partial charge in [0.2, 0.25) is 0 Å². The minimum absolute atomic E-state index is 0.327. The van der Waals surface area contributed by atoms with Gasteiger partial charge < -0.3 is 0 Å². The van der Waals surface area contributed by atoms with Gasteiger partial charge in [-0.05, 0) is 52.3 Å². The molecule has 4 aromatic rings. The Kier molecular flexibility index (Phi) is 3.78. The van der Waals surface area contributed by atoms with Crippen LogP contribution >= 0.6 is 27.5 Å². The minimum Gasteiger partial charge on any atom is -0.284 e. The van der Waals surface area contributed by atoms with E-state index in [4.69, 9.17) is 11.6 Å².